The van der Waals surface area contributed by atoms with Gasteiger partial charge in [0.1, 0.15) is 42.1 Å². The Bertz CT molecular complexity index is 3040. The summed E-state index contributed by atoms with van der Waals surface area (Å²) in [5, 5.41) is 1.50. The highest BCUT2D eigenvalue weighted by Crippen LogP contribution is 2.44. The van der Waals surface area contributed by atoms with E-state index in [-0.39, 0.29) is 31.5 Å². The lowest BCUT2D eigenvalue weighted by atomic mass is 9.98. The maximum Gasteiger partial charge on any atom is 0.261 e. The van der Waals surface area contributed by atoms with Crippen LogP contribution < -0.4 is 10.4 Å². The minimum Gasteiger partial charge on any atom is -0.405 e. The maximum absolute atomic E-state index is 7.87. The molecule has 0 saturated carbocycles. The molecule has 2 heterocycles. The number of hydrogen-bond acceptors (Lipinski definition) is 11. The molecule has 432 valence electrons. The Labute approximate surface area is 496 Å². The Hall–Kier alpha value is -6.07. The number of hydrogen-bond donors (Lipinski definition) is 0. The van der Waals surface area contributed by atoms with Crippen LogP contribution in [0.15, 0.2) is 243 Å². The Morgan fingerprint density at radius 3 is 1.12 bits per heavy atom. The fourth-order valence-electron chi connectivity index (χ4n) is 11.2. The second-order valence-corrected chi connectivity index (χ2v) is 27.8. The van der Waals surface area contributed by atoms with Crippen LogP contribution in [0.4, 0.5) is 0 Å². The predicted molar refractivity (Wildman–Crippen MR) is 330 cm³/mol. The Balaban J connectivity index is 1.10. The van der Waals surface area contributed by atoms with Gasteiger partial charge in [-0.1, -0.05) is 263 Å². The lowest BCUT2D eigenvalue weighted by molar-refractivity contribution is -0.283. The lowest BCUT2D eigenvalue weighted by Gasteiger charge is -2.51. The van der Waals surface area contributed by atoms with Gasteiger partial charge in [0, 0.05) is 7.11 Å². The van der Waals surface area contributed by atoms with Crippen LogP contribution in [-0.4, -0.2) is 88.3 Å². The van der Waals surface area contributed by atoms with E-state index in [0.29, 0.717) is 26.4 Å². The fraction of sp³-hybridized carbons (Fsp3) is 0.324. The molecule has 0 radical (unpaired) electrons. The average Bonchev–Trinajstić information content (AvgIpc) is 2.75. The van der Waals surface area contributed by atoms with Crippen molar-refractivity contribution in [1.82, 2.24) is 0 Å². The van der Waals surface area contributed by atoms with E-state index in [1.807, 2.05) is 109 Å². The zero-order valence-electron chi connectivity index (χ0n) is 48.0. The number of rotatable bonds is 27. The molecule has 2 fully saturated rings. The molecule has 10 atom stereocenters. The lowest BCUT2D eigenvalue weighted by Crippen LogP contribution is -2.68. The third kappa shape index (κ3) is 15.8. The van der Waals surface area contributed by atoms with E-state index in [0.717, 1.165) is 43.8 Å². The standard InChI is InChI=1S/C71H78O10SSi/c1-71(2,3)83(59-41-25-11-26-42-59,60-43-27-12-28-44-60)79-52-61-63(74-46-54-31-15-6-16-32-54)64(75-47-55-33-17-7-18-34-55)67(78-50-58-39-23-10-24-40-58)70(81-61)82-68-62(51-73-45-53-29-13-5-14-30-53)80-69(72-4)66(77-49-57-37-21-9-22-38-57)65(68)76-48-56-35-19-8-20-36-56/h5-44,61-70H,45-52H2,1-4H3/t61-,62-,63-,64+,65-,66-,67-,68-,69+,70+/m1/s1. The molecule has 0 aromatic heterocycles. The first-order valence-corrected chi connectivity index (χ1v) is 31.7. The largest absolute Gasteiger partial charge is 0.405 e. The molecule has 12 heteroatoms. The second kappa shape index (κ2) is 30.1. The van der Waals surface area contributed by atoms with Crippen LogP contribution in [0.2, 0.25) is 5.04 Å². The molecule has 0 amide bonds. The summed E-state index contributed by atoms with van der Waals surface area (Å²) in [7, 11) is -1.49. The fourth-order valence-corrected chi connectivity index (χ4v) is 17.4. The zero-order chi connectivity index (χ0) is 57.1. The van der Waals surface area contributed by atoms with Gasteiger partial charge in [0.15, 0.2) is 6.29 Å². The smallest absolute Gasteiger partial charge is 0.261 e. The SMILES string of the molecule is CO[C@H]1O[C@H](COCc2ccccc2)[C@@H](S[C@@H]2O[C@H](CO[Si](c3ccccc3)(c3ccccc3)C(C)(C)C)[C@@H](OCc3ccccc3)[C@H](OCc3ccccc3)[C@H]2OCc2ccccc2)[C@H](OCc2ccccc2)[C@H]1OCc1ccccc1. The molecular formula is C71H78O10SSi. The van der Waals surface area contributed by atoms with E-state index in [1.54, 1.807) is 18.9 Å². The minimum absolute atomic E-state index is 0.174. The first kappa shape index (κ1) is 60.1. The topological polar surface area (TPSA) is 92.3 Å². The third-order valence-corrected chi connectivity index (χ3v) is 21.9. The summed E-state index contributed by atoms with van der Waals surface area (Å²) in [6, 6.07) is 82.8. The molecule has 0 unspecified atom stereocenters. The molecule has 10 rings (SSSR count). The van der Waals surface area contributed by atoms with Gasteiger partial charge in [0.2, 0.25) is 0 Å². The molecule has 2 aliphatic rings. The molecule has 0 N–H and O–H groups in total. The Morgan fingerprint density at radius 1 is 0.373 bits per heavy atom. The molecular weight excluding hydrogens is 1070 g/mol. The highest BCUT2D eigenvalue weighted by atomic mass is 32.2. The molecule has 0 aliphatic carbocycles. The summed E-state index contributed by atoms with van der Waals surface area (Å²) < 4.78 is 72.1. The van der Waals surface area contributed by atoms with Crippen LogP contribution in [-0.2, 0) is 86.7 Å². The van der Waals surface area contributed by atoms with Crippen LogP contribution in [0.5, 0.6) is 0 Å². The van der Waals surface area contributed by atoms with Crippen LogP contribution >= 0.6 is 11.8 Å². The van der Waals surface area contributed by atoms with Gasteiger partial charge in [0.05, 0.1) is 64.2 Å². The van der Waals surface area contributed by atoms with Crippen molar-refractivity contribution in [2.45, 2.75) is 125 Å². The number of ether oxygens (including phenoxy) is 9. The Morgan fingerprint density at radius 2 is 0.723 bits per heavy atom. The van der Waals surface area contributed by atoms with Gasteiger partial charge in [-0.05, 0) is 48.8 Å². The van der Waals surface area contributed by atoms with Crippen molar-refractivity contribution in [3.8, 4) is 0 Å². The number of methoxy groups -OCH3 is 1. The van der Waals surface area contributed by atoms with Crippen LogP contribution in [0, 0.1) is 0 Å². The molecule has 10 nitrogen and oxygen atoms in total. The van der Waals surface area contributed by atoms with Crippen molar-refractivity contribution in [2.75, 3.05) is 20.3 Å². The monoisotopic (exact) mass is 1150 g/mol. The average molecular weight is 1150 g/mol. The van der Waals surface area contributed by atoms with Crippen LogP contribution in [0.1, 0.15) is 54.2 Å². The van der Waals surface area contributed by atoms with Crippen molar-refractivity contribution < 1.29 is 47.1 Å². The summed E-state index contributed by atoms with van der Waals surface area (Å²) in [6.07, 6.45) is -5.52. The molecule has 8 aromatic carbocycles. The van der Waals surface area contributed by atoms with Gasteiger partial charge in [-0.3, -0.25) is 0 Å². The third-order valence-electron chi connectivity index (χ3n) is 15.4. The zero-order valence-corrected chi connectivity index (χ0v) is 49.8. The molecule has 0 bridgehead atoms. The molecule has 0 spiro atoms. The predicted octanol–water partition coefficient (Wildman–Crippen LogP) is 12.9. The first-order valence-electron chi connectivity index (χ1n) is 28.9. The molecule has 8 aromatic rings. The summed E-state index contributed by atoms with van der Waals surface area (Å²) in [6.45, 7) is 9.11. The van der Waals surface area contributed by atoms with Crippen molar-refractivity contribution in [3.05, 3.63) is 276 Å². The van der Waals surface area contributed by atoms with Gasteiger partial charge in [-0.15, -0.1) is 11.8 Å². The van der Waals surface area contributed by atoms with E-state index in [9.17, 15) is 0 Å². The van der Waals surface area contributed by atoms with Crippen molar-refractivity contribution in [2.24, 2.45) is 0 Å². The van der Waals surface area contributed by atoms with Gasteiger partial charge in [-0.2, -0.15) is 0 Å². The van der Waals surface area contributed by atoms with E-state index < -0.39 is 68.0 Å². The van der Waals surface area contributed by atoms with Gasteiger partial charge < -0.3 is 47.1 Å². The maximum atomic E-state index is 7.87. The minimum atomic E-state index is -3.15. The highest BCUT2D eigenvalue weighted by molar-refractivity contribution is 8.00. The Kier molecular flexibility index (Phi) is 21.8. The van der Waals surface area contributed by atoms with Crippen LogP contribution in [0.3, 0.4) is 0 Å². The van der Waals surface area contributed by atoms with Crippen molar-refractivity contribution in [1.29, 1.82) is 0 Å². The number of benzene rings is 8. The molecule has 2 aliphatic heterocycles. The first-order chi connectivity index (χ1) is 40.8. The van der Waals surface area contributed by atoms with Crippen molar-refractivity contribution in [3.63, 3.8) is 0 Å². The summed E-state index contributed by atoms with van der Waals surface area (Å²) in [4.78, 5) is 0. The number of thioether (sulfide) groups is 1. The van der Waals surface area contributed by atoms with Gasteiger partial charge >= 0.3 is 0 Å². The molecule has 83 heavy (non-hydrogen) atoms. The molecule has 2 saturated heterocycles. The van der Waals surface area contributed by atoms with Crippen molar-refractivity contribution >= 4 is 30.5 Å². The van der Waals surface area contributed by atoms with E-state index in [1.165, 1.54) is 0 Å². The van der Waals surface area contributed by atoms with E-state index in [4.69, 9.17) is 47.1 Å². The summed E-state index contributed by atoms with van der Waals surface area (Å²) >= 11 is 1.61. The summed E-state index contributed by atoms with van der Waals surface area (Å²) in [5.41, 5.74) is 5.38. The summed E-state index contributed by atoms with van der Waals surface area (Å²) in [5.74, 6) is 0. The van der Waals surface area contributed by atoms with Gasteiger partial charge in [0.25, 0.3) is 8.32 Å². The highest BCUT2D eigenvalue weighted by Gasteiger charge is 2.56. The van der Waals surface area contributed by atoms with E-state index in [2.05, 4.69) is 154 Å². The van der Waals surface area contributed by atoms with Crippen LogP contribution in [0.25, 0.3) is 0 Å². The van der Waals surface area contributed by atoms with E-state index >= 15 is 0 Å². The normalized spacial score (nSPS) is 22.9. The second-order valence-electron chi connectivity index (χ2n) is 22.2. The van der Waals surface area contributed by atoms with Gasteiger partial charge in [-0.25, -0.2) is 0 Å². The quantitative estimate of drug-likeness (QED) is 0.0461.